The number of rotatable bonds is 2. The van der Waals surface area contributed by atoms with Crippen molar-refractivity contribution in [3.63, 3.8) is 0 Å². The summed E-state index contributed by atoms with van der Waals surface area (Å²) in [5.41, 5.74) is 9.28. The van der Waals surface area contributed by atoms with E-state index in [4.69, 9.17) is 10.5 Å². The van der Waals surface area contributed by atoms with Crippen molar-refractivity contribution in [1.29, 1.82) is 0 Å². The first-order valence-corrected chi connectivity index (χ1v) is 5.37. The Kier molecular flexibility index (Phi) is 3.56. The van der Waals surface area contributed by atoms with Gasteiger partial charge in [-0.3, -0.25) is 0 Å². The first-order valence-electron chi connectivity index (χ1n) is 4.58. The highest BCUT2D eigenvalue weighted by molar-refractivity contribution is 9.10. The van der Waals surface area contributed by atoms with Gasteiger partial charge in [0.25, 0.3) is 0 Å². The third-order valence-electron chi connectivity index (χ3n) is 2.28. The molecule has 0 aromatic heterocycles. The molecule has 0 saturated heterocycles. The normalized spacial score (nSPS) is 12.7. The quantitative estimate of drug-likeness (QED) is 0.884. The van der Waals surface area contributed by atoms with Crippen molar-refractivity contribution < 1.29 is 4.74 Å². The molecule has 0 heterocycles. The predicted octanol–water partition coefficient (Wildman–Crippen LogP) is 3.09. The molecule has 0 amide bonds. The highest BCUT2D eigenvalue weighted by atomic mass is 79.9. The van der Waals surface area contributed by atoms with Gasteiger partial charge in [0.1, 0.15) is 5.75 Å². The Balaban J connectivity index is 3.48. The third kappa shape index (κ3) is 1.93. The Morgan fingerprint density at radius 1 is 1.36 bits per heavy atom. The lowest BCUT2D eigenvalue weighted by molar-refractivity contribution is 0.403. The molecular formula is C11H16BrNO. The van der Waals surface area contributed by atoms with Crippen molar-refractivity contribution in [2.75, 3.05) is 7.11 Å². The van der Waals surface area contributed by atoms with E-state index in [9.17, 15) is 0 Å². The largest absolute Gasteiger partial charge is 0.496 e. The molecule has 0 aliphatic rings. The van der Waals surface area contributed by atoms with Gasteiger partial charge >= 0.3 is 0 Å². The van der Waals surface area contributed by atoms with Gasteiger partial charge in [0.05, 0.1) is 7.11 Å². The second-order valence-electron chi connectivity index (χ2n) is 3.56. The van der Waals surface area contributed by atoms with Crippen LogP contribution in [0.15, 0.2) is 10.5 Å². The maximum absolute atomic E-state index is 5.92. The molecule has 0 spiro atoms. The lowest BCUT2D eigenvalue weighted by Gasteiger charge is -2.18. The molecule has 2 N–H and O–H groups in total. The van der Waals surface area contributed by atoms with Gasteiger partial charge in [-0.15, -0.1) is 0 Å². The Labute approximate surface area is 93.6 Å². The standard InChI is InChI=1S/C11H16BrNO/c1-6-5-7(2)11(14-4)9(8(3)13)10(6)12/h5,8H,13H2,1-4H3. The molecule has 2 nitrogen and oxygen atoms in total. The molecule has 14 heavy (non-hydrogen) atoms. The minimum absolute atomic E-state index is 0.0297. The van der Waals surface area contributed by atoms with Crippen LogP contribution in [-0.4, -0.2) is 7.11 Å². The van der Waals surface area contributed by atoms with E-state index in [1.54, 1.807) is 7.11 Å². The summed E-state index contributed by atoms with van der Waals surface area (Å²) in [6.45, 7) is 6.05. The van der Waals surface area contributed by atoms with Crippen LogP contribution in [0.25, 0.3) is 0 Å². The number of nitrogens with two attached hydrogens (primary N) is 1. The van der Waals surface area contributed by atoms with E-state index in [-0.39, 0.29) is 6.04 Å². The molecule has 0 saturated carbocycles. The minimum Gasteiger partial charge on any atom is -0.496 e. The summed E-state index contributed by atoms with van der Waals surface area (Å²) in [4.78, 5) is 0. The molecule has 1 aromatic carbocycles. The Hall–Kier alpha value is -0.540. The van der Waals surface area contributed by atoms with Crippen LogP contribution in [0.1, 0.15) is 29.7 Å². The fraction of sp³-hybridized carbons (Fsp3) is 0.455. The summed E-state index contributed by atoms with van der Waals surface area (Å²) in [5, 5.41) is 0. The fourth-order valence-corrected chi connectivity index (χ4v) is 2.31. The van der Waals surface area contributed by atoms with E-state index >= 15 is 0 Å². The van der Waals surface area contributed by atoms with Crippen LogP contribution in [0.5, 0.6) is 5.75 Å². The van der Waals surface area contributed by atoms with Gasteiger partial charge < -0.3 is 10.5 Å². The Morgan fingerprint density at radius 3 is 2.36 bits per heavy atom. The number of hydrogen-bond acceptors (Lipinski definition) is 2. The zero-order valence-electron chi connectivity index (χ0n) is 9.02. The van der Waals surface area contributed by atoms with Gasteiger partial charge in [-0.2, -0.15) is 0 Å². The van der Waals surface area contributed by atoms with Crippen molar-refractivity contribution in [3.8, 4) is 5.75 Å². The van der Waals surface area contributed by atoms with E-state index in [0.29, 0.717) is 0 Å². The molecule has 1 aromatic rings. The van der Waals surface area contributed by atoms with Crippen LogP contribution in [0.3, 0.4) is 0 Å². The number of halogens is 1. The SMILES string of the molecule is COc1c(C)cc(C)c(Br)c1C(C)N. The van der Waals surface area contributed by atoms with Crippen molar-refractivity contribution in [2.45, 2.75) is 26.8 Å². The first-order chi connectivity index (χ1) is 6.49. The number of methoxy groups -OCH3 is 1. The third-order valence-corrected chi connectivity index (χ3v) is 3.33. The second kappa shape index (κ2) is 4.32. The van der Waals surface area contributed by atoms with E-state index in [2.05, 4.69) is 28.9 Å². The number of aryl methyl sites for hydroxylation is 2. The van der Waals surface area contributed by atoms with E-state index < -0.39 is 0 Å². The van der Waals surface area contributed by atoms with E-state index in [1.165, 1.54) is 5.56 Å². The number of hydrogen-bond donors (Lipinski definition) is 1. The van der Waals surface area contributed by atoms with E-state index in [0.717, 1.165) is 21.3 Å². The van der Waals surface area contributed by atoms with Crippen LogP contribution in [0.4, 0.5) is 0 Å². The summed E-state index contributed by atoms with van der Waals surface area (Å²) < 4.78 is 6.41. The highest BCUT2D eigenvalue weighted by Crippen LogP contribution is 2.36. The maximum Gasteiger partial charge on any atom is 0.127 e. The van der Waals surface area contributed by atoms with Crippen LogP contribution in [0, 0.1) is 13.8 Å². The molecule has 0 aliphatic carbocycles. The topological polar surface area (TPSA) is 35.2 Å². The van der Waals surface area contributed by atoms with Crippen LogP contribution in [-0.2, 0) is 0 Å². The Morgan fingerprint density at radius 2 is 1.93 bits per heavy atom. The zero-order chi connectivity index (χ0) is 10.9. The minimum atomic E-state index is -0.0297. The molecular weight excluding hydrogens is 242 g/mol. The van der Waals surface area contributed by atoms with Crippen LogP contribution >= 0.6 is 15.9 Å². The van der Waals surface area contributed by atoms with Crippen LogP contribution < -0.4 is 10.5 Å². The molecule has 1 atom stereocenters. The van der Waals surface area contributed by atoms with Crippen molar-refractivity contribution >= 4 is 15.9 Å². The molecule has 0 radical (unpaired) electrons. The van der Waals surface area contributed by atoms with Gasteiger partial charge in [-0.05, 0) is 31.9 Å². The lowest BCUT2D eigenvalue weighted by Crippen LogP contribution is -2.09. The predicted molar refractivity (Wildman–Crippen MR) is 62.8 cm³/mol. The fourth-order valence-electron chi connectivity index (χ4n) is 1.66. The van der Waals surface area contributed by atoms with Crippen molar-refractivity contribution in [1.82, 2.24) is 0 Å². The number of ether oxygens (including phenoxy) is 1. The summed E-state index contributed by atoms with van der Waals surface area (Å²) in [5.74, 6) is 0.887. The van der Waals surface area contributed by atoms with Gasteiger partial charge in [-0.25, -0.2) is 0 Å². The maximum atomic E-state index is 5.92. The highest BCUT2D eigenvalue weighted by Gasteiger charge is 2.16. The van der Waals surface area contributed by atoms with Gasteiger partial charge in [-0.1, -0.05) is 22.0 Å². The monoisotopic (exact) mass is 257 g/mol. The zero-order valence-corrected chi connectivity index (χ0v) is 10.6. The average Bonchev–Trinajstić information content (AvgIpc) is 2.10. The second-order valence-corrected chi connectivity index (χ2v) is 4.35. The molecule has 3 heteroatoms. The smallest absolute Gasteiger partial charge is 0.127 e. The summed E-state index contributed by atoms with van der Waals surface area (Å²) in [6, 6.07) is 2.06. The van der Waals surface area contributed by atoms with Crippen LogP contribution in [0.2, 0.25) is 0 Å². The molecule has 0 fully saturated rings. The molecule has 78 valence electrons. The van der Waals surface area contributed by atoms with E-state index in [1.807, 2.05) is 13.8 Å². The van der Waals surface area contributed by atoms with Gasteiger partial charge in [0, 0.05) is 16.1 Å². The van der Waals surface area contributed by atoms with Crippen molar-refractivity contribution in [3.05, 3.63) is 27.2 Å². The summed E-state index contributed by atoms with van der Waals surface area (Å²) in [7, 11) is 1.68. The van der Waals surface area contributed by atoms with Gasteiger partial charge in [0.2, 0.25) is 0 Å². The molecule has 1 unspecified atom stereocenters. The first kappa shape index (κ1) is 11.5. The Bertz CT molecular complexity index is 348. The molecule has 0 bridgehead atoms. The molecule has 1 rings (SSSR count). The van der Waals surface area contributed by atoms with Crippen molar-refractivity contribution in [2.24, 2.45) is 5.73 Å². The average molecular weight is 258 g/mol. The number of benzene rings is 1. The summed E-state index contributed by atoms with van der Waals surface area (Å²) in [6.07, 6.45) is 0. The molecule has 0 aliphatic heterocycles. The van der Waals surface area contributed by atoms with Gasteiger partial charge in [0.15, 0.2) is 0 Å². The summed E-state index contributed by atoms with van der Waals surface area (Å²) >= 11 is 3.55. The lowest BCUT2D eigenvalue weighted by atomic mass is 10.0.